The summed E-state index contributed by atoms with van der Waals surface area (Å²) in [5.74, 6) is 1.03. The molecule has 1 aromatic heterocycles. The van der Waals surface area contributed by atoms with Crippen LogP contribution in [-0.2, 0) is 11.3 Å². The highest BCUT2D eigenvalue weighted by atomic mass is 35.5. The number of benzene rings is 1. The maximum Gasteiger partial charge on any atom is 0.410 e. The topological polar surface area (TPSA) is 87.7 Å². The molecule has 176 valence electrons. The number of anilines is 1. The largest absolute Gasteiger partial charge is 0.444 e. The van der Waals surface area contributed by atoms with Crippen molar-refractivity contribution in [1.29, 1.82) is 0 Å². The predicted molar refractivity (Wildman–Crippen MR) is 127 cm³/mol. The molecule has 0 saturated carbocycles. The van der Waals surface area contributed by atoms with E-state index < -0.39 is 5.60 Å². The summed E-state index contributed by atoms with van der Waals surface area (Å²) >= 11 is 12.0. The minimum absolute atomic E-state index is 0.250. The van der Waals surface area contributed by atoms with E-state index in [1.165, 1.54) is 6.20 Å². The van der Waals surface area contributed by atoms with Gasteiger partial charge < -0.3 is 19.9 Å². The molecular formula is C23H27Cl2N5O3. The molecule has 2 saturated heterocycles. The maximum atomic E-state index is 12.6. The molecule has 2 atom stereocenters. The van der Waals surface area contributed by atoms with Crippen LogP contribution in [0.15, 0.2) is 30.6 Å². The normalized spacial score (nSPS) is 20.0. The number of carbonyl (C=O) groups is 2. The monoisotopic (exact) mass is 491 g/mol. The molecule has 2 fully saturated rings. The van der Waals surface area contributed by atoms with E-state index >= 15 is 0 Å². The van der Waals surface area contributed by atoms with E-state index in [-0.39, 0.29) is 17.7 Å². The highest BCUT2D eigenvalue weighted by Gasteiger charge is 2.43. The van der Waals surface area contributed by atoms with E-state index in [1.807, 2.05) is 20.8 Å². The first-order valence-corrected chi connectivity index (χ1v) is 11.6. The molecule has 33 heavy (non-hydrogen) atoms. The molecule has 2 aromatic rings. The Bertz CT molecular complexity index is 1040. The Kier molecular flexibility index (Phi) is 6.68. The lowest BCUT2D eigenvalue weighted by Crippen LogP contribution is -2.37. The van der Waals surface area contributed by atoms with E-state index in [9.17, 15) is 9.59 Å². The molecule has 1 N–H and O–H groups in total. The third kappa shape index (κ3) is 5.68. The Labute approximate surface area is 203 Å². The smallest absolute Gasteiger partial charge is 0.410 e. The molecule has 2 aliphatic heterocycles. The molecular weight excluding hydrogens is 465 g/mol. The van der Waals surface area contributed by atoms with Gasteiger partial charge in [0.2, 0.25) is 0 Å². The molecule has 2 aliphatic rings. The first-order valence-electron chi connectivity index (χ1n) is 10.9. The molecule has 1 aromatic carbocycles. The zero-order chi connectivity index (χ0) is 23.8. The Morgan fingerprint density at radius 1 is 1.09 bits per heavy atom. The average Bonchev–Trinajstić information content (AvgIpc) is 3.33. The molecule has 3 heterocycles. The van der Waals surface area contributed by atoms with Crippen LogP contribution in [0.4, 0.5) is 10.6 Å². The molecule has 0 bridgehead atoms. The van der Waals surface area contributed by atoms with Crippen molar-refractivity contribution in [2.75, 3.05) is 31.1 Å². The van der Waals surface area contributed by atoms with Crippen molar-refractivity contribution < 1.29 is 14.3 Å². The van der Waals surface area contributed by atoms with Gasteiger partial charge in [-0.2, -0.15) is 0 Å². The molecule has 0 aliphatic carbocycles. The zero-order valence-corrected chi connectivity index (χ0v) is 20.4. The molecule has 0 spiro atoms. The van der Waals surface area contributed by atoms with Crippen LogP contribution >= 0.6 is 23.2 Å². The van der Waals surface area contributed by atoms with Gasteiger partial charge in [0, 0.05) is 44.6 Å². The lowest BCUT2D eigenvalue weighted by atomic mass is 10.0. The van der Waals surface area contributed by atoms with Crippen molar-refractivity contribution in [3.63, 3.8) is 0 Å². The predicted octanol–water partition coefficient (Wildman–Crippen LogP) is 4.02. The van der Waals surface area contributed by atoms with Crippen molar-refractivity contribution in [2.24, 2.45) is 11.8 Å². The zero-order valence-electron chi connectivity index (χ0n) is 18.8. The van der Waals surface area contributed by atoms with Crippen LogP contribution in [0.2, 0.25) is 10.0 Å². The summed E-state index contributed by atoms with van der Waals surface area (Å²) < 4.78 is 5.50. The Balaban J connectivity index is 1.34. The average molecular weight is 492 g/mol. The summed E-state index contributed by atoms with van der Waals surface area (Å²) in [6.07, 6.45) is 2.86. The van der Waals surface area contributed by atoms with E-state index in [1.54, 1.807) is 29.3 Å². The molecule has 0 radical (unpaired) electrons. The fraction of sp³-hybridized carbons (Fsp3) is 0.478. The molecule has 10 heteroatoms. The van der Waals surface area contributed by atoms with Gasteiger partial charge in [-0.1, -0.05) is 29.3 Å². The Morgan fingerprint density at radius 3 is 2.42 bits per heavy atom. The number of carbonyl (C=O) groups excluding carboxylic acids is 2. The second-order valence-electron chi connectivity index (χ2n) is 9.50. The summed E-state index contributed by atoms with van der Waals surface area (Å²) in [7, 11) is 0. The minimum Gasteiger partial charge on any atom is -0.444 e. The molecule has 2 amide bonds. The molecule has 2 unspecified atom stereocenters. The van der Waals surface area contributed by atoms with Gasteiger partial charge in [-0.3, -0.25) is 9.78 Å². The summed E-state index contributed by atoms with van der Waals surface area (Å²) in [6, 6.07) is 5.22. The lowest BCUT2D eigenvalue weighted by Gasteiger charge is -2.26. The van der Waals surface area contributed by atoms with Crippen molar-refractivity contribution in [3.8, 4) is 0 Å². The van der Waals surface area contributed by atoms with Crippen molar-refractivity contribution in [1.82, 2.24) is 20.2 Å². The summed E-state index contributed by atoms with van der Waals surface area (Å²) in [5.41, 5.74) is 0.584. The van der Waals surface area contributed by atoms with E-state index in [4.69, 9.17) is 27.9 Å². The molecule has 8 nitrogen and oxygen atoms in total. The third-order valence-corrected chi connectivity index (χ3v) is 6.49. The Morgan fingerprint density at radius 2 is 1.79 bits per heavy atom. The first kappa shape index (κ1) is 23.6. The summed E-state index contributed by atoms with van der Waals surface area (Å²) in [6.45, 7) is 8.75. The number of nitrogens with zero attached hydrogens (tertiary/aromatic N) is 4. The van der Waals surface area contributed by atoms with Crippen LogP contribution in [0.5, 0.6) is 0 Å². The number of aromatic nitrogens is 2. The van der Waals surface area contributed by atoms with Crippen LogP contribution in [0.3, 0.4) is 0 Å². The van der Waals surface area contributed by atoms with E-state index in [2.05, 4.69) is 20.2 Å². The molecule has 4 rings (SSSR count). The standard InChI is InChI=1S/C23H27Cl2N5O3/c1-23(2,3)33-22(32)30-12-15-10-29(11-16(15)13-30)20-9-26-8-19(28-20)21(31)27-7-14-4-5-17(24)18(25)6-14/h4-6,8-9,15-16H,7,10-13H2,1-3H3,(H,27,31). The number of likely N-dealkylation sites (tertiary alicyclic amines) is 1. The van der Waals surface area contributed by atoms with Gasteiger partial charge >= 0.3 is 6.09 Å². The van der Waals surface area contributed by atoms with Crippen LogP contribution < -0.4 is 10.2 Å². The van der Waals surface area contributed by atoms with E-state index in [0.717, 1.165) is 18.7 Å². The van der Waals surface area contributed by atoms with Gasteiger partial charge in [-0.25, -0.2) is 9.78 Å². The number of nitrogens with one attached hydrogen (secondary N) is 1. The van der Waals surface area contributed by atoms with E-state index in [0.29, 0.717) is 47.3 Å². The number of fused-ring (bicyclic) bond motifs is 1. The Hall–Kier alpha value is -2.58. The van der Waals surface area contributed by atoms with Gasteiger partial charge in [0.15, 0.2) is 0 Å². The second kappa shape index (κ2) is 9.35. The van der Waals surface area contributed by atoms with Crippen LogP contribution in [0, 0.1) is 11.8 Å². The van der Waals surface area contributed by atoms with Crippen molar-refractivity contribution in [3.05, 3.63) is 51.9 Å². The number of amides is 2. The first-order chi connectivity index (χ1) is 15.6. The quantitative estimate of drug-likeness (QED) is 0.694. The number of halogens is 2. The van der Waals surface area contributed by atoms with Crippen LogP contribution in [-0.4, -0.2) is 58.6 Å². The highest BCUT2D eigenvalue weighted by Crippen LogP contribution is 2.34. The SMILES string of the molecule is CC(C)(C)OC(=O)N1CC2CN(c3cncc(C(=O)NCc4ccc(Cl)c(Cl)c4)n3)CC2C1. The van der Waals surface area contributed by atoms with Crippen molar-refractivity contribution in [2.45, 2.75) is 32.9 Å². The van der Waals surface area contributed by atoms with Crippen LogP contribution in [0.1, 0.15) is 36.8 Å². The van der Waals surface area contributed by atoms with Gasteiger partial charge in [0.25, 0.3) is 5.91 Å². The van der Waals surface area contributed by atoms with Crippen molar-refractivity contribution >= 4 is 41.0 Å². The number of hydrogen-bond donors (Lipinski definition) is 1. The van der Waals surface area contributed by atoms with Gasteiger partial charge in [0.1, 0.15) is 17.1 Å². The number of rotatable bonds is 4. The summed E-state index contributed by atoms with van der Waals surface area (Å²) in [4.78, 5) is 37.7. The number of hydrogen-bond acceptors (Lipinski definition) is 6. The number of ether oxygens (including phenoxy) is 1. The fourth-order valence-electron chi connectivity index (χ4n) is 4.20. The maximum absolute atomic E-state index is 12.6. The fourth-order valence-corrected chi connectivity index (χ4v) is 4.52. The third-order valence-electron chi connectivity index (χ3n) is 5.75. The van der Waals surface area contributed by atoms with Gasteiger partial charge in [0.05, 0.1) is 22.4 Å². The minimum atomic E-state index is -0.503. The second-order valence-corrected chi connectivity index (χ2v) is 10.3. The lowest BCUT2D eigenvalue weighted by molar-refractivity contribution is 0.0282. The van der Waals surface area contributed by atoms with Gasteiger partial charge in [-0.05, 0) is 38.5 Å². The van der Waals surface area contributed by atoms with Gasteiger partial charge in [-0.15, -0.1) is 0 Å². The van der Waals surface area contributed by atoms with Crippen LogP contribution in [0.25, 0.3) is 0 Å². The highest BCUT2D eigenvalue weighted by molar-refractivity contribution is 6.42. The summed E-state index contributed by atoms with van der Waals surface area (Å²) in [5, 5.41) is 3.74.